The van der Waals surface area contributed by atoms with Crippen LogP contribution in [0.3, 0.4) is 0 Å². The summed E-state index contributed by atoms with van der Waals surface area (Å²) in [6.07, 6.45) is 1.62. The van der Waals surface area contributed by atoms with Gasteiger partial charge in [0.1, 0.15) is 0 Å². The van der Waals surface area contributed by atoms with Gasteiger partial charge in [0.25, 0.3) is 0 Å². The van der Waals surface area contributed by atoms with Crippen molar-refractivity contribution in [1.29, 1.82) is 0 Å². The van der Waals surface area contributed by atoms with Crippen molar-refractivity contribution >= 4 is 21.6 Å². The first-order valence-electron chi connectivity index (χ1n) is 6.57. The average molecular weight is 320 g/mol. The van der Waals surface area contributed by atoms with Gasteiger partial charge in [0, 0.05) is 10.6 Å². The Morgan fingerprint density at radius 2 is 1.95 bits per heavy atom. The Kier molecular flexibility index (Phi) is 5.61. The third-order valence-corrected chi connectivity index (χ3v) is 5.22. The zero-order chi connectivity index (χ0) is 15.6. The third kappa shape index (κ3) is 4.19. The molecule has 0 radical (unpaired) electrons. The van der Waals surface area contributed by atoms with Gasteiger partial charge in [-0.3, -0.25) is 0 Å². The number of sulfonamides is 1. The van der Waals surface area contributed by atoms with Gasteiger partial charge in [0.05, 0.1) is 11.5 Å². The van der Waals surface area contributed by atoms with E-state index in [0.29, 0.717) is 16.1 Å². The average Bonchev–Trinajstić information content (AvgIpc) is 2.29. The summed E-state index contributed by atoms with van der Waals surface area (Å²) < 4.78 is 27.7. The Balaban J connectivity index is 3.26. The summed E-state index contributed by atoms with van der Waals surface area (Å²) in [6.45, 7) is 7.13. The second kappa shape index (κ2) is 6.43. The highest BCUT2D eigenvalue weighted by Crippen LogP contribution is 2.26. The lowest BCUT2D eigenvalue weighted by Crippen LogP contribution is -2.43. The second-order valence-electron chi connectivity index (χ2n) is 5.59. The standard InChI is InChI=1S/C14H22ClNO3S/c1-5-6-14(3,4)16-20(18,19)13-8-12(15)7-11(9-17)10(13)2/h7-8,16-17H,5-6,9H2,1-4H3. The SMILES string of the molecule is CCCC(C)(C)NS(=O)(=O)c1cc(Cl)cc(CO)c1C. The molecular formula is C14H22ClNO3S. The lowest BCUT2D eigenvalue weighted by atomic mass is 10.0. The Morgan fingerprint density at radius 1 is 1.35 bits per heavy atom. The smallest absolute Gasteiger partial charge is 0.241 e. The maximum atomic E-state index is 12.5. The molecule has 0 spiro atoms. The number of hydrogen-bond acceptors (Lipinski definition) is 3. The lowest BCUT2D eigenvalue weighted by Gasteiger charge is -2.26. The molecule has 0 unspecified atom stereocenters. The highest BCUT2D eigenvalue weighted by Gasteiger charge is 2.27. The maximum absolute atomic E-state index is 12.5. The molecule has 4 nitrogen and oxygen atoms in total. The van der Waals surface area contributed by atoms with Gasteiger partial charge >= 0.3 is 0 Å². The van der Waals surface area contributed by atoms with Crippen LogP contribution in [0.5, 0.6) is 0 Å². The fourth-order valence-electron chi connectivity index (χ4n) is 2.25. The van der Waals surface area contributed by atoms with Gasteiger partial charge in [-0.1, -0.05) is 24.9 Å². The van der Waals surface area contributed by atoms with E-state index in [2.05, 4.69) is 4.72 Å². The molecule has 1 aromatic carbocycles. The molecule has 0 saturated carbocycles. The first-order valence-corrected chi connectivity index (χ1v) is 8.43. The third-order valence-electron chi connectivity index (χ3n) is 3.18. The van der Waals surface area contributed by atoms with E-state index < -0.39 is 15.6 Å². The summed E-state index contributed by atoms with van der Waals surface area (Å²) in [6, 6.07) is 2.99. The van der Waals surface area contributed by atoms with Crippen LogP contribution in [0.4, 0.5) is 0 Å². The van der Waals surface area contributed by atoms with Gasteiger partial charge in [0.2, 0.25) is 10.0 Å². The molecule has 1 aromatic rings. The minimum Gasteiger partial charge on any atom is -0.392 e. The van der Waals surface area contributed by atoms with Crippen LogP contribution in [-0.2, 0) is 16.6 Å². The van der Waals surface area contributed by atoms with Crippen molar-refractivity contribution in [2.75, 3.05) is 0 Å². The van der Waals surface area contributed by atoms with Gasteiger partial charge in [-0.2, -0.15) is 0 Å². The molecule has 2 N–H and O–H groups in total. The quantitative estimate of drug-likeness (QED) is 0.847. The number of nitrogens with one attached hydrogen (secondary N) is 1. The van der Waals surface area contributed by atoms with E-state index in [1.165, 1.54) is 6.07 Å². The van der Waals surface area contributed by atoms with E-state index in [0.717, 1.165) is 12.8 Å². The maximum Gasteiger partial charge on any atom is 0.241 e. The van der Waals surface area contributed by atoms with E-state index >= 15 is 0 Å². The fourth-order valence-corrected chi connectivity index (χ4v) is 4.31. The zero-order valence-electron chi connectivity index (χ0n) is 12.3. The number of rotatable bonds is 6. The first-order chi connectivity index (χ1) is 9.13. The topological polar surface area (TPSA) is 66.4 Å². The van der Waals surface area contributed by atoms with E-state index in [4.69, 9.17) is 11.6 Å². The molecule has 20 heavy (non-hydrogen) atoms. The van der Waals surface area contributed by atoms with Crippen LogP contribution in [0.1, 0.15) is 44.7 Å². The van der Waals surface area contributed by atoms with E-state index in [1.54, 1.807) is 13.0 Å². The minimum atomic E-state index is -3.67. The van der Waals surface area contributed by atoms with Gasteiger partial charge in [-0.25, -0.2) is 13.1 Å². The highest BCUT2D eigenvalue weighted by molar-refractivity contribution is 7.89. The Bertz CT molecular complexity index is 582. The van der Waals surface area contributed by atoms with Gasteiger partial charge in [-0.05, 0) is 50.5 Å². The number of hydrogen-bond donors (Lipinski definition) is 2. The van der Waals surface area contributed by atoms with E-state index in [9.17, 15) is 13.5 Å². The number of aliphatic hydroxyl groups excluding tert-OH is 1. The van der Waals surface area contributed by atoms with E-state index in [-0.39, 0.29) is 11.5 Å². The predicted octanol–water partition coefficient (Wildman–Crippen LogP) is 3.00. The second-order valence-corrected chi connectivity index (χ2v) is 7.67. The van der Waals surface area contributed by atoms with Crippen molar-refractivity contribution in [2.24, 2.45) is 0 Å². The van der Waals surface area contributed by atoms with Crippen LogP contribution in [0.2, 0.25) is 5.02 Å². The molecule has 6 heteroatoms. The van der Waals surface area contributed by atoms with E-state index in [1.807, 2.05) is 20.8 Å². The first kappa shape index (κ1) is 17.4. The van der Waals surface area contributed by atoms with Crippen LogP contribution in [0.15, 0.2) is 17.0 Å². The Morgan fingerprint density at radius 3 is 2.45 bits per heavy atom. The fraction of sp³-hybridized carbons (Fsp3) is 0.571. The molecule has 114 valence electrons. The molecule has 0 heterocycles. The van der Waals surface area contributed by atoms with Crippen LogP contribution in [0, 0.1) is 6.92 Å². The molecule has 0 atom stereocenters. The summed E-state index contributed by atoms with van der Waals surface area (Å²) in [4.78, 5) is 0.123. The van der Waals surface area contributed by atoms with Gasteiger partial charge in [0.15, 0.2) is 0 Å². The number of benzene rings is 1. The Hall–Kier alpha value is -0.620. The highest BCUT2D eigenvalue weighted by atomic mass is 35.5. The van der Waals surface area contributed by atoms with Crippen molar-refractivity contribution in [2.45, 2.75) is 57.6 Å². The van der Waals surface area contributed by atoms with Crippen LogP contribution < -0.4 is 4.72 Å². The van der Waals surface area contributed by atoms with Crippen molar-refractivity contribution in [1.82, 2.24) is 4.72 Å². The van der Waals surface area contributed by atoms with Crippen molar-refractivity contribution in [3.63, 3.8) is 0 Å². The van der Waals surface area contributed by atoms with Gasteiger partial charge in [-0.15, -0.1) is 0 Å². The summed E-state index contributed by atoms with van der Waals surface area (Å²) in [7, 11) is -3.67. The molecule has 0 saturated heterocycles. The van der Waals surface area contributed by atoms with Crippen LogP contribution >= 0.6 is 11.6 Å². The van der Waals surface area contributed by atoms with Crippen molar-refractivity contribution in [3.8, 4) is 0 Å². The zero-order valence-corrected chi connectivity index (χ0v) is 13.9. The van der Waals surface area contributed by atoms with Crippen LogP contribution in [-0.4, -0.2) is 19.1 Å². The molecule has 0 aromatic heterocycles. The summed E-state index contributed by atoms with van der Waals surface area (Å²) in [5.74, 6) is 0. The molecule has 0 fully saturated rings. The monoisotopic (exact) mass is 319 g/mol. The number of halogens is 1. The Labute approximate surface area is 126 Å². The molecule has 0 aliphatic heterocycles. The van der Waals surface area contributed by atoms with Crippen LogP contribution in [0.25, 0.3) is 0 Å². The summed E-state index contributed by atoms with van der Waals surface area (Å²) in [5.41, 5.74) is 0.518. The molecule has 0 bridgehead atoms. The van der Waals surface area contributed by atoms with Crippen molar-refractivity contribution < 1.29 is 13.5 Å². The predicted molar refractivity (Wildman–Crippen MR) is 81.4 cm³/mol. The van der Waals surface area contributed by atoms with Gasteiger partial charge < -0.3 is 5.11 Å². The molecule has 0 amide bonds. The molecule has 0 aliphatic carbocycles. The summed E-state index contributed by atoms with van der Waals surface area (Å²) in [5, 5.41) is 9.58. The molecule has 0 aliphatic rings. The number of aliphatic hydroxyl groups is 1. The normalized spacial score (nSPS) is 12.7. The lowest BCUT2D eigenvalue weighted by molar-refractivity contribution is 0.280. The van der Waals surface area contributed by atoms with Crippen molar-refractivity contribution in [3.05, 3.63) is 28.3 Å². The molecule has 1 rings (SSSR count). The largest absolute Gasteiger partial charge is 0.392 e. The minimum absolute atomic E-state index is 0.123. The summed E-state index contributed by atoms with van der Waals surface area (Å²) >= 11 is 5.94. The molecular weight excluding hydrogens is 298 g/mol.